The first-order chi connectivity index (χ1) is 5.27. The number of H-pyrrole nitrogens is 1. The maximum absolute atomic E-state index is 5.54. The minimum Gasteiger partial charge on any atom is -0.362 e. The summed E-state index contributed by atoms with van der Waals surface area (Å²) >= 11 is 0. The van der Waals surface area contributed by atoms with Crippen molar-refractivity contribution in [3.05, 3.63) is 23.0 Å². The molecule has 1 aromatic rings. The molecule has 0 atom stereocenters. The van der Waals surface area contributed by atoms with Gasteiger partial charge in [0, 0.05) is 17.9 Å². The van der Waals surface area contributed by atoms with E-state index in [-0.39, 0.29) is 0 Å². The van der Waals surface area contributed by atoms with Crippen LogP contribution in [0.15, 0.2) is 6.07 Å². The molecule has 0 aliphatic rings. The zero-order chi connectivity index (χ0) is 8.27. The van der Waals surface area contributed by atoms with E-state index in [9.17, 15) is 0 Å². The van der Waals surface area contributed by atoms with E-state index in [4.69, 9.17) is 5.73 Å². The van der Waals surface area contributed by atoms with Crippen LogP contribution >= 0.6 is 0 Å². The second-order valence-corrected chi connectivity index (χ2v) is 2.90. The first-order valence-electron chi connectivity index (χ1n) is 4.15. The molecule has 0 aliphatic heterocycles. The number of aromatic nitrogens is 1. The molecule has 1 rings (SSSR count). The molecule has 1 aromatic heterocycles. The Kier molecular flexibility index (Phi) is 2.71. The second kappa shape index (κ2) is 3.58. The van der Waals surface area contributed by atoms with Gasteiger partial charge in [0.1, 0.15) is 0 Å². The van der Waals surface area contributed by atoms with E-state index in [0.29, 0.717) is 6.54 Å². The predicted molar refractivity (Wildman–Crippen MR) is 47.4 cm³/mol. The number of aromatic amines is 1. The Morgan fingerprint density at radius 1 is 1.55 bits per heavy atom. The molecule has 0 aliphatic carbocycles. The fraction of sp³-hybridized carbons (Fsp3) is 0.556. The van der Waals surface area contributed by atoms with Gasteiger partial charge in [0.05, 0.1) is 0 Å². The average Bonchev–Trinajstić information content (AvgIpc) is 2.32. The molecule has 11 heavy (non-hydrogen) atoms. The monoisotopic (exact) mass is 152 g/mol. The van der Waals surface area contributed by atoms with Crippen molar-refractivity contribution in [3.63, 3.8) is 0 Å². The highest BCUT2D eigenvalue weighted by molar-refractivity contribution is 5.24. The third kappa shape index (κ3) is 1.84. The molecule has 0 bridgehead atoms. The summed E-state index contributed by atoms with van der Waals surface area (Å²) in [5.41, 5.74) is 9.31. The normalized spacial score (nSPS) is 10.5. The maximum Gasteiger partial charge on any atom is 0.0196 e. The van der Waals surface area contributed by atoms with Gasteiger partial charge in [-0.05, 0) is 25.0 Å². The van der Waals surface area contributed by atoms with E-state index >= 15 is 0 Å². The number of hydrogen-bond donors (Lipinski definition) is 2. The van der Waals surface area contributed by atoms with Crippen LogP contribution in [0.25, 0.3) is 0 Å². The Balaban J connectivity index is 2.77. The molecule has 0 unspecified atom stereocenters. The van der Waals surface area contributed by atoms with Crippen molar-refractivity contribution in [2.75, 3.05) is 0 Å². The van der Waals surface area contributed by atoms with E-state index in [2.05, 4.69) is 24.9 Å². The van der Waals surface area contributed by atoms with Gasteiger partial charge < -0.3 is 10.7 Å². The summed E-state index contributed by atoms with van der Waals surface area (Å²) in [5, 5.41) is 0. The largest absolute Gasteiger partial charge is 0.362 e. The maximum atomic E-state index is 5.54. The minimum atomic E-state index is 0.645. The number of hydrogen-bond acceptors (Lipinski definition) is 1. The molecule has 3 N–H and O–H groups in total. The number of rotatable bonds is 3. The van der Waals surface area contributed by atoms with Crippen LogP contribution in [0.1, 0.15) is 30.3 Å². The van der Waals surface area contributed by atoms with Crippen LogP contribution in [0.5, 0.6) is 0 Å². The van der Waals surface area contributed by atoms with Crippen LogP contribution < -0.4 is 5.73 Å². The van der Waals surface area contributed by atoms with Crippen LogP contribution in [0, 0.1) is 6.92 Å². The SMILES string of the molecule is CCCc1cc(CN)c(C)[nH]1. The number of nitrogens with one attached hydrogen (secondary N) is 1. The fourth-order valence-corrected chi connectivity index (χ4v) is 1.29. The van der Waals surface area contributed by atoms with Crippen LogP contribution in [0.2, 0.25) is 0 Å². The minimum absolute atomic E-state index is 0.645. The lowest BCUT2D eigenvalue weighted by molar-refractivity contribution is 0.888. The van der Waals surface area contributed by atoms with Gasteiger partial charge in [-0.25, -0.2) is 0 Å². The van der Waals surface area contributed by atoms with Crippen molar-refractivity contribution in [2.24, 2.45) is 5.73 Å². The van der Waals surface area contributed by atoms with E-state index in [0.717, 1.165) is 6.42 Å². The topological polar surface area (TPSA) is 41.8 Å². The van der Waals surface area contributed by atoms with Crippen molar-refractivity contribution in [1.29, 1.82) is 0 Å². The molecule has 0 saturated heterocycles. The lowest BCUT2D eigenvalue weighted by atomic mass is 10.2. The van der Waals surface area contributed by atoms with Crippen LogP contribution in [0.4, 0.5) is 0 Å². The van der Waals surface area contributed by atoms with Crippen molar-refractivity contribution >= 4 is 0 Å². The highest BCUT2D eigenvalue weighted by Crippen LogP contribution is 2.10. The quantitative estimate of drug-likeness (QED) is 0.680. The highest BCUT2D eigenvalue weighted by Gasteiger charge is 2.00. The van der Waals surface area contributed by atoms with Gasteiger partial charge in [0.2, 0.25) is 0 Å². The lowest BCUT2D eigenvalue weighted by Crippen LogP contribution is -1.95. The Hall–Kier alpha value is -0.760. The van der Waals surface area contributed by atoms with E-state index in [1.165, 1.54) is 23.4 Å². The fourth-order valence-electron chi connectivity index (χ4n) is 1.29. The van der Waals surface area contributed by atoms with Crippen molar-refractivity contribution in [3.8, 4) is 0 Å². The Morgan fingerprint density at radius 3 is 2.73 bits per heavy atom. The van der Waals surface area contributed by atoms with Gasteiger partial charge in [-0.3, -0.25) is 0 Å². The van der Waals surface area contributed by atoms with Gasteiger partial charge in [-0.1, -0.05) is 13.3 Å². The van der Waals surface area contributed by atoms with Gasteiger partial charge in [0.15, 0.2) is 0 Å². The summed E-state index contributed by atoms with van der Waals surface area (Å²) in [7, 11) is 0. The zero-order valence-corrected chi connectivity index (χ0v) is 7.28. The molecular formula is C9H16N2. The van der Waals surface area contributed by atoms with Gasteiger partial charge in [0.25, 0.3) is 0 Å². The molecule has 0 fully saturated rings. The Morgan fingerprint density at radius 2 is 2.27 bits per heavy atom. The molecule has 0 saturated carbocycles. The Labute approximate surface area is 67.8 Å². The van der Waals surface area contributed by atoms with Crippen molar-refractivity contribution in [1.82, 2.24) is 4.98 Å². The molecule has 1 heterocycles. The predicted octanol–water partition coefficient (Wildman–Crippen LogP) is 1.73. The third-order valence-corrected chi connectivity index (χ3v) is 1.92. The smallest absolute Gasteiger partial charge is 0.0196 e. The standard InChI is InChI=1S/C9H16N2/c1-3-4-9-5-8(6-10)7(2)11-9/h5,11H,3-4,6,10H2,1-2H3. The Bertz CT molecular complexity index is 225. The summed E-state index contributed by atoms with van der Waals surface area (Å²) in [6.07, 6.45) is 2.31. The molecule has 0 spiro atoms. The van der Waals surface area contributed by atoms with Gasteiger partial charge in [-0.15, -0.1) is 0 Å². The summed E-state index contributed by atoms with van der Waals surface area (Å²) in [6.45, 7) is 4.89. The first kappa shape index (κ1) is 8.34. The molecular weight excluding hydrogens is 136 g/mol. The molecule has 2 heteroatoms. The second-order valence-electron chi connectivity index (χ2n) is 2.90. The highest BCUT2D eigenvalue weighted by atomic mass is 14.7. The first-order valence-corrected chi connectivity index (χ1v) is 4.15. The van der Waals surface area contributed by atoms with E-state index in [1.807, 2.05) is 0 Å². The summed E-state index contributed by atoms with van der Waals surface area (Å²) in [6, 6.07) is 2.17. The van der Waals surface area contributed by atoms with E-state index in [1.54, 1.807) is 0 Å². The van der Waals surface area contributed by atoms with Gasteiger partial charge >= 0.3 is 0 Å². The third-order valence-electron chi connectivity index (χ3n) is 1.92. The summed E-state index contributed by atoms with van der Waals surface area (Å²) in [5.74, 6) is 0. The molecule has 2 nitrogen and oxygen atoms in total. The van der Waals surface area contributed by atoms with E-state index < -0.39 is 0 Å². The van der Waals surface area contributed by atoms with Crippen LogP contribution in [-0.4, -0.2) is 4.98 Å². The molecule has 0 amide bonds. The van der Waals surface area contributed by atoms with Crippen LogP contribution in [0.3, 0.4) is 0 Å². The van der Waals surface area contributed by atoms with Crippen molar-refractivity contribution in [2.45, 2.75) is 33.2 Å². The molecule has 62 valence electrons. The van der Waals surface area contributed by atoms with Crippen molar-refractivity contribution < 1.29 is 0 Å². The molecule has 0 radical (unpaired) electrons. The average molecular weight is 152 g/mol. The zero-order valence-electron chi connectivity index (χ0n) is 7.28. The summed E-state index contributed by atoms with van der Waals surface area (Å²) < 4.78 is 0. The molecule has 0 aromatic carbocycles. The number of nitrogens with two attached hydrogens (primary N) is 1. The number of aryl methyl sites for hydroxylation is 2. The van der Waals surface area contributed by atoms with Gasteiger partial charge in [-0.2, -0.15) is 0 Å². The van der Waals surface area contributed by atoms with Crippen LogP contribution in [-0.2, 0) is 13.0 Å². The lowest BCUT2D eigenvalue weighted by Gasteiger charge is -1.89. The summed E-state index contributed by atoms with van der Waals surface area (Å²) in [4.78, 5) is 3.32.